The lowest BCUT2D eigenvalue weighted by molar-refractivity contribution is 0.530. The molecule has 6 nitrogen and oxygen atoms in total. The number of nitrogens with zero attached hydrogens (tertiary/aromatic N) is 4. The molecule has 0 saturated heterocycles. The summed E-state index contributed by atoms with van der Waals surface area (Å²) in [7, 11) is 1.77. The molecule has 20 heavy (non-hydrogen) atoms. The molecule has 3 aromatic rings. The van der Waals surface area contributed by atoms with Gasteiger partial charge < -0.3 is 9.73 Å². The van der Waals surface area contributed by atoms with Gasteiger partial charge >= 0.3 is 0 Å². The van der Waals surface area contributed by atoms with E-state index in [1.54, 1.807) is 11.7 Å². The van der Waals surface area contributed by atoms with Crippen LogP contribution in [0.2, 0.25) is 5.02 Å². The summed E-state index contributed by atoms with van der Waals surface area (Å²) in [6.07, 6.45) is 0. The number of rotatable bonds is 4. The van der Waals surface area contributed by atoms with Gasteiger partial charge in [-0.15, -0.1) is 0 Å². The molecule has 7 heteroatoms. The second-order valence-electron chi connectivity index (χ2n) is 4.25. The lowest BCUT2D eigenvalue weighted by atomic mass is 10.2. The van der Waals surface area contributed by atoms with Gasteiger partial charge in [0.05, 0.1) is 6.54 Å². The molecule has 1 N–H and O–H groups in total. The summed E-state index contributed by atoms with van der Waals surface area (Å²) in [5.41, 5.74) is 0.987. The first-order chi connectivity index (χ1) is 9.72. The smallest absolute Gasteiger partial charge is 0.243 e. The van der Waals surface area contributed by atoms with Crippen molar-refractivity contribution >= 4 is 17.5 Å². The molecule has 2 heterocycles. The number of aromatic nitrogens is 4. The number of benzene rings is 1. The van der Waals surface area contributed by atoms with E-state index in [0.29, 0.717) is 17.5 Å². The summed E-state index contributed by atoms with van der Waals surface area (Å²) in [5.74, 6) is 2.20. The number of nitrogens with one attached hydrogen (secondary N) is 1. The van der Waals surface area contributed by atoms with E-state index in [1.165, 1.54) is 0 Å². The first kappa shape index (κ1) is 12.7. The number of furan rings is 1. The molecule has 0 radical (unpaired) electrons. The molecular formula is C13H12ClN5O. The third kappa shape index (κ3) is 2.65. The van der Waals surface area contributed by atoms with Crippen LogP contribution < -0.4 is 5.32 Å². The fraction of sp³-hybridized carbons (Fsp3) is 0.154. The van der Waals surface area contributed by atoms with E-state index in [0.717, 1.165) is 17.1 Å². The Labute approximate surface area is 120 Å². The minimum Gasteiger partial charge on any atom is -0.459 e. The molecule has 1 aromatic carbocycles. The molecule has 0 aliphatic heterocycles. The van der Waals surface area contributed by atoms with Crippen LogP contribution in [0.25, 0.3) is 11.3 Å². The molecule has 0 spiro atoms. The number of halogens is 1. The van der Waals surface area contributed by atoms with E-state index in [2.05, 4.69) is 20.8 Å². The van der Waals surface area contributed by atoms with Crippen LogP contribution in [0, 0.1) is 0 Å². The lowest BCUT2D eigenvalue weighted by Gasteiger charge is -2.01. The first-order valence-corrected chi connectivity index (χ1v) is 6.41. The highest BCUT2D eigenvalue weighted by Gasteiger charge is 2.06. The Morgan fingerprint density at radius 3 is 2.70 bits per heavy atom. The van der Waals surface area contributed by atoms with Gasteiger partial charge in [-0.1, -0.05) is 16.7 Å². The zero-order chi connectivity index (χ0) is 13.9. The molecule has 0 unspecified atom stereocenters. The van der Waals surface area contributed by atoms with Crippen molar-refractivity contribution in [2.45, 2.75) is 6.54 Å². The van der Waals surface area contributed by atoms with Gasteiger partial charge in [-0.05, 0) is 46.8 Å². The van der Waals surface area contributed by atoms with Crippen LogP contribution in [0.5, 0.6) is 0 Å². The Kier molecular flexibility index (Phi) is 3.39. The van der Waals surface area contributed by atoms with Crippen molar-refractivity contribution in [2.24, 2.45) is 7.05 Å². The van der Waals surface area contributed by atoms with Crippen molar-refractivity contribution < 1.29 is 4.42 Å². The summed E-state index contributed by atoms with van der Waals surface area (Å²) < 4.78 is 7.32. The zero-order valence-electron chi connectivity index (χ0n) is 10.7. The Morgan fingerprint density at radius 2 is 2.00 bits per heavy atom. The van der Waals surface area contributed by atoms with E-state index in [-0.39, 0.29) is 0 Å². The number of hydrogen-bond acceptors (Lipinski definition) is 5. The summed E-state index contributed by atoms with van der Waals surface area (Å²) in [5, 5.41) is 14.9. The highest BCUT2D eigenvalue weighted by Crippen LogP contribution is 2.24. The van der Waals surface area contributed by atoms with Gasteiger partial charge in [0.15, 0.2) is 0 Å². The van der Waals surface area contributed by atoms with Gasteiger partial charge in [0.25, 0.3) is 0 Å². The van der Waals surface area contributed by atoms with Crippen LogP contribution in [-0.2, 0) is 13.6 Å². The average molecular weight is 290 g/mol. The van der Waals surface area contributed by atoms with Crippen molar-refractivity contribution in [3.8, 4) is 11.3 Å². The second-order valence-corrected chi connectivity index (χ2v) is 4.69. The van der Waals surface area contributed by atoms with Gasteiger partial charge in [-0.2, -0.15) is 0 Å². The molecule has 0 fully saturated rings. The van der Waals surface area contributed by atoms with E-state index in [4.69, 9.17) is 16.0 Å². The standard InChI is InChI=1S/C13H12ClN5O/c1-19-13(16-17-18-19)15-8-11-6-7-12(20-11)9-2-4-10(14)5-3-9/h2-7H,8H2,1H3,(H,15,16,18). The predicted molar refractivity (Wildman–Crippen MR) is 75.3 cm³/mol. The molecule has 102 valence electrons. The van der Waals surface area contributed by atoms with Crippen LogP contribution >= 0.6 is 11.6 Å². The predicted octanol–water partition coefficient (Wildman–Crippen LogP) is 2.74. The van der Waals surface area contributed by atoms with E-state index < -0.39 is 0 Å². The maximum absolute atomic E-state index is 5.86. The molecule has 0 bridgehead atoms. The lowest BCUT2D eigenvalue weighted by Crippen LogP contribution is -2.04. The SMILES string of the molecule is Cn1nnnc1NCc1ccc(-c2ccc(Cl)cc2)o1. The van der Waals surface area contributed by atoms with Crippen molar-refractivity contribution in [1.82, 2.24) is 20.2 Å². The molecule has 0 saturated carbocycles. The fourth-order valence-electron chi connectivity index (χ4n) is 1.79. The maximum atomic E-state index is 5.86. The quantitative estimate of drug-likeness (QED) is 0.800. The van der Waals surface area contributed by atoms with Gasteiger partial charge in [-0.25, -0.2) is 4.68 Å². The monoisotopic (exact) mass is 289 g/mol. The summed E-state index contributed by atoms with van der Waals surface area (Å²) in [6.45, 7) is 0.516. The minimum atomic E-state index is 0.516. The largest absolute Gasteiger partial charge is 0.459 e. The molecule has 0 atom stereocenters. The summed E-state index contributed by atoms with van der Waals surface area (Å²) >= 11 is 5.86. The first-order valence-electron chi connectivity index (χ1n) is 6.03. The van der Waals surface area contributed by atoms with Crippen LogP contribution in [0.1, 0.15) is 5.76 Å². The van der Waals surface area contributed by atoms with Gasteiger partial charge in [0, 0.05) is 17.6 Å². The molecule has 0 aliphatic carbocycles. The van der Waals surface area contributed by atoms with Gasteiger partial charge in [-0.3, -0.25) is 0 Å². The molecule has 3 rings (SSSR count). The Hall–Kier alpha value is -2.34. The third-order valence-corrected chi connectivity index (χ3v) is 3.08. The number of hydrogen-bond donors (Lipinski definition) is 1. The number of aryl methyl sites for hydroxylation is 1. The molecule has 0 aliphatic rings. The normalized spacial score (nSPS) is 10.7. The highest BCUT2D eigenvalue weighted by atomic mass is 35.5. The Morgan fingerprint density at radius 1 is 1.20 bits per heavy atom. The van der Waals surface area contributed by atoms with Crippen molar-refractivity contribution in [2.75, 3.05) is 5.32 Å². The van der Waals surface area contributed by atoms with E-state index in [9.17, 15) is 0 Å². The third-order valence-electron chi connectivity index (χ3n) is 2.83. The summed E-state index contributed by atoms with van der Waals surface area (Å²) in [4.78, 5) is 0. The maximum Gasteiger partial charge on any atom is 0.243 e. The van der Waals surface area contributed by atoms with E-state index >= 15 is 0 Å². The van der Waals surface area contributed by atoms with Gasteiger partial charge in [0.1, 0.15) is 11.5 Å². The van der Waals surface area contributed by atoms with E-state index in [1.807, 2.05) is 36.4 Å². The number of anilines is 1. The molecule has 2 aromatic heterocycles. The van der Waals surface area contributed by atoms with Crippen LogP contribution in [0.4, 0.5) is 5.95 Å². The van der Waals surface area contributed by atoms with Gasteiger partial charge in [0.2, 0.25) is 5.95 Å². The zero-order valence-corrected chi connectivity index (χ0v) is 11.5. The number of tetrazole rings is 1. The van der Waals surface area contributed by atoms with Crippen LogP contribution in [0.3, 0.4) is 0 Å². The average Bonchev–Trinajstić information content (AvgIpc) is 3.06. The molecule has 0 amide bonds. The van der Waals surface area contributed by atoms with Crippen molar-refractivity contribution in [3.63, 3.8) is 0 Å². The van der Waals surface area contributed by atoms with Crippen molar-refractivity contribution in [1.29, 1.82) is 0 Å². The molecular weight excluding hydrogens is 278 g/mol. The van der Waals surface area contributed by atoms with Crippen LogP contribution in [0.15, 0.2) is 40.8 Å². The highest BCUT2D eigenvalue weighted by molar-refractivity contribution is 6.30. The van der Waals surface area contributed by atoms with Crippen molar-refractivity contribution in [3.05, 3.63) is 47.2 Å². The Balaban J connectivity index is 1.71. The summed E-state index contributed by atoms with van der Waals surface area (Å²) in [6, 6.07) is 11.4. The topological polar surface area (TPSA) is 68.8 Å². The Bertz CT molecular complexity index is 704. The second kappa shape index (κ2) is 5.34. The fourth-order valence-corrected chi connectivity index (χ4v) is 1.91. The minimum absolute atomic E-state index is 0.516. The van der Waals surface area contributed by atoms with Crippen LogP contribution in [-0.4, -0.2) is 20.2 Å².